The summed E-state index contributed by atoms with van der Waals surface area (Å²) in [5, 5.41) is 2.62. The third-order valence-corrected chi connectivity index (χ3v) is 4.39. The summed E-state index contributed by atoms with van der Waals surface area (Å²) < 4.78 is 22.7. The van der Waals surface area contributed by atoms with Crippen molar-refractivity contribution < 1.29 is 28.2 Å². The molecule has 1 aromatic carbocycles. The highest BCUT2D eigenvalue weighted by Gasteiger charge is 2.24. The fourth-order valence-electron chi connectivity index (χ4n) is 2.03. The Hall–Kier alpha value is -2.94. The van der Waals surface area contributed by atoms with E-state index < -0.39 is 23.6 Å². The molecule has 9 heteroatoms. The van der Waals surface area contributed by atoms with E-state index in [-0.39, 0.29) is 22.0 Å². The number of ether oxygens (including phenoxy) is 2. The number of benzene rings is 1. The summed E-state index contributed by atoms with van der Waals surface area (Å²) in [5.74, 6) is -2.09. The minimum atomic E-state index is -0.779. The molecule has 0 saturated carbocycles. The minimum absolute atomic E-state index is 0.0422. The predicted molar refractivity (Wildman–Crippen MR) is 89.4 cm³/mol. The standard InChI is InChI=1S/C16H15FN2O5S/c1-8-12(14(18)21)15(25-13(8)16(22)23-2)19-11(20)7-24-10-5-3-9(17)4-6-10/h3-6H,7H2,1-2H3,(H2,18,21)(H,19,20). The molecule has 0 fully saturated rings. The van der Waals surface area contributed by atoms with E-state index in [0.29, 0.717) is 11.3 Å². The van der Waals surface area contributed by atoms with Crippen LogP contribution in [-0.2, 0) is 9.53 Å². The largest absolute Gasteiger partial charge is 0.484 e. The van der Waals surface area contributed by atoms with Crippen molar-refractivity contribution in [2.24, 2.45) is 5.73 Å². The van der Waals surface area contributed by atoms with Crippen LogP contribution >= 0.6 is 11.3 Å². The molecule has 0 saturated heterocycles. The van der Waals surface area contributed by atoms with E-state index in [4.69, 9.17) is 10.5 Å². The van der Waals surface area contributed by atoms with Crippen molar-refractivity contribution in [2.45, 2.75) is 6.92 Å². The van der Waals surface area contributed by atoms with Gasteiger partial charge in [0, 0.05) is 0 Å². The van der Waals surface area contributed by atoms with Crippen LogP contribution < -0.4 is 15.8 Å². The number of thiophene rings is 1. The maximum absolute atomic E-state index is 12.8. The van der Waals surface area contributed by atoms with Gasteiger partial charge >= 0.3 is 5.97 Å². The molecule has 2 rings (SSSR count). The lowest BCUT2D eigenvalue weighted by atomic mass is 10.1. The maximum atomic E-state index is 12.8. The van der Waals surface area contributed by atoms with E-state index in [1.165, 1.54) is 38.3 Å². The van der Waals surface area contributed by atoms with Crippen molar-refractivity contribution in [1.29, 1.82) is 0 Å². The molecule has 25 heavy (non-hydrogen) atoms. The molecule has 0 radical (unpaired) electrons. The summed E-state index contributed by atoms with van der Waals surface area (Å²) in [4.78, 5) is 35.5. The minimum Gasteiger partial charge on any atom is -0.484 e. The van der Waals surface area contributed by atoms with Gasteiger partial charge in [-0.15, -0.1) is 11.3 Å². The second-order valence-corrected chi connectivity index (χ2v) is 5.93. The number of esters is 1. The molecule has 0 bridgehead atoms. The Morgan fingerprint density at radius 2 is 1.88 bits per heavy atom. The number of methoxy groups -OCH3 is 1. The van der Waals surface area contributed by atoms with Crippen molar-refractivity contribution >= 4 is 34.1 Å². The quantitative estimate of drug-likeness (QED) is 0.761. The Kier molecular flexibility index (Phi) is 5.71. The Balaban J connectivity index is 2.12. The van der Waals surface area contributed by atoms with Gasteiger partial charge in [0.15, 0.2) is 6.61 Å². The summed E-state index contributed by atoms with van der Waals surface area (Å²) in [6.45, 7) is 1.17. The van der Waals surface area contributed by atoms with Crippen LogP contribution in [0, 0.1) is 12.7 Å². The number of nitrogens with two attached hydrogens (primary N) is 1. The van der Waals surface area contributed by atoms with Crippen LogP contribution in [0.4, 0.5) is 9.39 Å². The molecule has 3 N–H and O–H groups in total. The fourth-order valence-corrected chi connectivity index (χ4v) is 3.17. The topological polar surface area (TPSA) is 108 Å². The lowest BCUT2D eigenvalue weighted by molar-refractivity contribution is -0.118. The highest BCUT2D eigenvalue weighted by atomic mass is 32.1. The number of rotatable bonds is 6. The SMILES string of the molecule is COC(=O)c1sc(NC(=O)COc2ccc(F)cc2)c(C(N)=O)c1C. The molecule has 7 nitrogen and oxygen atoms in total. The zero-order valence-electron chi connectivity index (χ0n) is 13.4. The zero-order chi connectivity index (χ0) is 18.6. The fraction of sp³-hybridized carbons (Fsp3) is 0.188. The van der Waals surface area contributed by atoms with Gasteiger partial charge in [0.25, 0.3) is 11.8 Å². The second kappa shape index (κ2) is 7.75. The van der Waals surface area contributed by atoms with Gasteiger partial charge in [-0.2, -0.15) is 0 Å². The lowest BCUT2D eigenvalue weighted by Gasteiger charge is -2.07. The summed E-state index contributed by atoms with van der Waals surface area (Å²) in [7, 11) is 1.21. The Morgan fingerprint density at radius 3 is 2.44 bits per heavy atom. The predicted octanol–water partition coefficient (Wildman–Crippen LogP) is 2.10. The molecule has 2 amide bonds. The lowest BCUT2D eigenvalue weighted by Crippen LogP contribution is -2.22. The number of amides is 2. The molecular formula is C16H15FN2O5S. The van der Waals surface area contributed by atoms with E-state index in [1.807, 2.05) is 0 Å². The van der Waals surface area contributed by atoms with Gasteiger partial charge in [-0.3, -0.25) is 9.59 Å². The molecule has 132 valence electrons. The van der Waals surface area contributed by atoms with Crippen LogP contribution in [0.3, 0.4) is 0 Å². The van der Waals surface area contributed by atoms with Crippen molar-refractivity contribution in [2.75, 3.05) is 19.0 Å². The molecule has 0 atom stereocenters. The van der Waals surface area contributed by atoms with Crippen molar-refractivity contribution in [1.82, 2.24) is 0 Å². The first-order valence-electron chi connectivity index (χ1n) is 7.03. The second-order valence-electron chi connectivity index (χ2n) is 4.91. The van der Waals surface area contributed by atoms with Crippen LogP contribution in [-0.4, -0.2) is 31.5 Å². The molecule has 1 aromatic heterocycles. The number of hydrogen-bond acceptors (Lipinski definition) is 6. The summed E-state index contributed by atoms with van der Waals surface area (Å²) in [6.07, 6.45) is 0. The number of primary amides is 1. The third-order valence-electron chi connectivity index (χ3n) is 3.20. The molecule has 0 aliphatic heterocycles. The maximum Gasteiger partial charge on any atom is 0.348 e. The van der Waals surface area contributed by atoms with Gasteiger partial charge in [-0.1, -0.05) is 0 Å². The van der Waals surface area contributed by atoms with E-state index in [1.54, 1.807) is 0 Å². The number of nitrogens with one attached hydrogen (secondary N) is 1. The van der Waals surface area contributed by atoms with Gasteiger partial charge in [-0.05, 0) is 36.8 Å². The van der Waals surface area contributed by atoms with Crippen molar-refractivity contribution in [3.05, 3.63) is 46.1 Å². The van der Waals surface area contributed by atoms with Crippen molar-refractivity contribution in [3.8, 4) is 5.75 Å². The van der Waals surface area contributed by atoms with E-state index in [0.717, 1.165) is 11.3 Å². The summed E-state index contributed by atoms with van der Waals surface area (Å²) in [5.41, 5.74) is 5.70. The van der Waals surface area contributed by atoms with Crippen LogP contribution in [0.5, 0.6) is 5.75 Å². The molecular weight excluding hydrogens is 351 g/mol. The van der Waals surface area contributed by atoms with Crippen molar-refractivity contribution in [3.63, 3.8) is 0 Å². The summed E-state index contributed by atoms with van der Waals surface area (Å²) >= 11 is 0.887. The van der Waals surface area contributed by atoms with Crippen LogP contribution in [0.1, 0.15) is 25.6 Å². The van der Waals surface area contributed by atoms with E-state index in [9.17, 15) is 18.8 Å². The highest BCUT2D eigenvalue weighted by molar-refractivity contribution is 7.18. The zero-order valence-corrected chi connectivity index (χ0v) is 14.2. The average Bonchev–Trinajstić information content (AvgIpc) is 2.89. The average molecular weight is 366 g/mol. The summed E-state index contributed by atoms with van der Waals surface area (Å²) in [6, 6.07) is 5.15. The van der Waals surface area contributed by atoms with Gasteiger partial charge in [0.2, 0.25) is 0 Å². The molecule has 1 heterocycles. The van der Waals surface area contributed by atoms with Gasteiger partial charge < -0.3 is 20.5 Å². The Morgan fingerprint density at radius 1 is 1.24 bits per heavy atom. The monoisotopic (exact) mass is 366 g/mol. The number of anilines is 1. The number of halogens is 1. The van der Waals surface area contributed by atoms with Gasteiger partial charge in [0.1, 0.15) is 21.4 Å². The van der Waals surface area contributed by atoms with Crippen LogP contribution in [0.2, 0.25) is 0 Å². The van der Waals surface area contributed by atoms with E-state index in [2.05, 4.69) is 10.1 Å². The first kappa shape index (κ1) is 18.4. The third kappa shape index (κ3) is 4.32. The number of carbonyl (C=O) groups is 3. The highest BCUT2D eigenvalue weighted by Crippen LogP contribution is 2.33. The number of carbonyl (C=O) groups excluding carboxylic acids is 3. The normalized spacial score (nSPS) is 10.2. The number of hydrogen-bond donors (Lipinski definition) is 2. The van der Waals surface area contributed by atoms with Gasteiger partial charge in [-0.25, -0.2) is 9.18 Å². The first-order chi connectivity index (χ1) is 11.8. The molecule has 0 unspecified atom stereocenters. The molecule has 0 aliphatic rings. The first-order valence-corrected chi connectivity index (χ1v) is 7.84. The van der Waals surface area contributed by atoms with E-state index >= 15 is 0 Å². The Bertz CT molecular complexity index is 817. The molecule has 2 aromatic rings. The molecule has 0 spiro atoms. The van der Waals surface area contributed by atoms with Gasteiger partial charge in [0.05, 0.1) is 12.7 Å². The van der Waals surface area contributed by atoms with Crippen LogP contribution in [0.25, 0.3) is 0 Å². The van der Waals surface area contributed by atoms with Crippen LogP contribution in [0.15, 0.2) is 24.3 Å². The smallest absolute Gasteiger partial charge is 0.348 e. The molecule has 0 aliphatic carbocycles. The Labute approximate surface area is 146 Å².